The Morgan fingerprint density at radius 1 is 0.864 bits per heavy atom. The quantitative estimate of drug-likeness (QED) is 0.589. The Hall–Kier alpha value is -1.90. The van der Waals surface area contributed by atoms with Crippen molar-refractivity contribution in [2.45, 2.75) is 45.6 Å². The summed E-state index contributed by atoms with van der Waals surface area (Å²) in [6, 6.07) is 8.29. The van der Waals surface area contributed by atoms with Gasteiger partial charge >= 0.3 is 0 Å². The number of imide groups is 1. The fourth-order valence-electron chi connectivity index (χ4n) is 4.91. The average molecular weight is 295 g/mol. The first kappa shape index (κ1) is 13.7. The first-order valence-electron chi connectivity index (χ1n) is 8.08. The lowest BCUT2D eigenvalue weighted by molar-refractivity contribution is -0.141. The first-order chi connectivity index (χ1) is 10.4. The molecular formula is C19H21NO2. The van der Waals surface area contributed by atoms with Gasteiger partial charge in [0.2, 0.25) is 11.8 Å². The Morgan fingerprint density at radius 3 is 1.64 bits per heavy atom. The highest BCUT2D eigenvalue weighted by Crippen LogP contribution is 2.60. The van der Waals surface area contributed by atoms with E-state index in [9.17, 15) is 9.59 Å². The highest BCUT2D eigenvalue weighted by atomic mass is 16.2. The molecule has 0 saturated carbocycles. The number of carbonyl (C=O) groups is 2. The molecule has 3 nitrogen and oxygen atoms in total. The number of likely N-dealkylation sites (tertiary alicyclic amines) is 1. The number of rotatable bonds is 1. The molecule has 0 unspecified atom stereocenters. The molecule has 0 radical (unpaired) electrons. The molecule has 1 saturated heterocycles. The molecule has 22 heavy (non-hydrogen) atoms. The molecule has 0 spiro atoms. The minimum atomic E-state index is -0.196. The van der Waals surface area contributed by atoms with Crippen LogP contribution in [-0.4, -0.2) is 22.8 Å². The molecule has 4 atom stereocenters. The third kappa shape index (κ3) is 1.42. The van der Waals surface area contributed by atoms with Gasteiger partial charge in [-0.2, -0.15) is 0 Å². The molecule has 1 aliphatic heterocycles. The van der Waals surface area contributed by atoms with Crippen molar-refractivity contribution in [1.82, 2.24) is 4.90 Å². The van der Waals surface area contributed by atoms with Gasteiger partial charge in [-0.15, -0.1) is 0 Å². The summed E-state index contributed by atoms with van der Waals surface area (Å²) in [5.74, 6) is -0.183. The van der Waals surface area contributed by atoms with Gasteiger partial charge in [0.15, 0.2) is 0 Å². The van der Waals surface area contributed by atoms with E-state index in [0.29, 0.717) is 0 Å². The predicted molar refractivity (Wildman–Crippen MR) is 84.3 cm³/mol. The molecule has 114 valence electrons. The molecule has 1 fully saturated rings. The molecule has 3 heteroatoms. The van der Waals surface area contributed by atoms with Gasteiger partial charge < -0.3 is 0 Å². The molecule has 5 rings (SSSR count). The van der Waals surface area contributed by atoms with E-state index in [1.807, 2.05) is 26.0 Å². The second kappa shape index (κ2) is 4.31. The van der Waals surface area contributed by atoms with Crippen LogP contribution in [0.3, 0.4) is 0 Å². The number of amides is 2. The van der Waals surface area contributed by atoms with Crippen LogP contribution in [0.4, 0.5) is 0 Å². The molecule has 2 amide bonds. The van der Waals surface area contributed by atoms with Crippen molar-refractivity contribution in [3.8, 4) is 0 Å². The van der Waals surface area contributed by atoms with Gasteiger partial charge in [0.1, 0.15) is 0 Å². The smallest absolute Gasteiger partial charge is 0.234 e. The highest BCUT2D eigenvalue weighted by molar-refractivity contribution is 6.07. The highest BCUT2D eigenvalue weighted by Gasteiger charge is 2.61. The van der Waals surface area contributed by atoms with Crippen molar-refractivity contribution >= 4 is 11.8 Å². The number of benzene rings is 1. The van der Waals surface area contributed by atoms with Crippen LogP contribution in [0.2, 0.25) is 0 Å². The van der Waals surface area contributed by atoms with Crippen molar-refractivity contribution in [3.05, 3.63) is 46.5 Å². The summed E-state index contributed by atoms with van der Waals surface area (Å²) in [6.07, 6.45) is 0. The van der Waals surface area contributed by atoms with Crippen LogP contribution < -0.4 is 0 Å². The average Bonchev–Trinajstić information content (AvgIpc) is 2.75. The first-order valence-corrected chi connectivity index (χ1v) is 8.08. The third-order valence-electron chi connectivity index (χ3n) is 5.89. The summed E-state index contributed by atoms with van der Waals surface area (Å²) in [5, 5.41) is 0. The van der Waals surface area contributed by atoms with Gasteiger partial charge in [-0.05, 0) is 38.8 Å². The molecule has 0 N–H and O–H groups in total. The Morgan fingerprint density at radius 2 is 1.27 bits per heavy atom. The van der Waals surface area contributed by atoms with E-state index < -0.39 is 0 Å². The van der Waals surface area contributed by atoms with Crippen molar-refractivity contribution in [1.29, 1.82) is 0 Å². The topological polar surface area (TPSA) is 37.4 Å². The molecule has 1 aromatic rings. The summed E-state index contributed by atoms with van der Waals surface area (Å²) in [5.41, 5.74) is 5.08. The molecule has 0 aromatic heterocycles. The number of allylic oxidation sites excluding steroid dienone is 2. The minimum absolute atomic E-state index is 0.0290. The van der Waals surface area contributed by atoms with Crippen molar-refractivity contribution in [2.75, 3.05) is 0 Å². The Labute approximate surface area is 131 Å². The van der Waals surface area contributed by atoms with Crippen LogP contribution >= 0.6 is 0 Å². The van der Waals surface area contributed by atoms with Crippen LogP contribution in [0.5, 0.6) is 0 Å². The van der Waals surface area contributed by atoms with E-state index in [0.717, 1.165) is 0 Å². The second-order valence-electron chi connectivity index (χ2n) is 7.14. The number of hydrogen-bond donors (Lipinski definition) is 0. The van der Waals surface area contributed by atoms with E-state index in [4.69, 9.17) is 0 Å². The molecule has 4 aliphatic rings. The lowest BCUT2D eigenvalue weighted by atomic mass is 9.55. The van der Waals surface area contributed by atoms with Gasteiger partial charge in [-0.1, -0.05) is 35.4 Å². The van der Waals surface area contributed by atoms with Gasteiger partial charge in [0.05, 0.1) is 11.8 Å². The Bertz CT molecular complexity index is 674. The summed E-state index contributed by atoms with van der Waals surface area (Å²) < 4.78 is 0. The fraction of sp³-hybridized carbons (Fsp3) is 0.474. The van der Waals surface area contributed by atoms with Crippen molar-refractivity contribution in [3.63, 3.8) is 0 Å². The molecular weight excluding hydrogens is 274 g/mol. The second-order valence-corrected chi connectivity index (χ2v) is 7.14. The maximum Gasteiger partial charge on any atom is 0.234 e. The summed E-state index contributed by atoms with van der Waals surface area (Å²) in [7, 11) is 0. The van der Waals surface area contributed by atoms with E-state index in [1.165, 1.54) is 27.2 Å². The molecule has 3 aliphatic carbocycles. The van der Waals surface area contributed by atoms with Crippen molar-refractivity contribution < 1.29 is 9.59 Å². The van der Waals surface area contributed by atoms with Crippen LogP contribution in [0.25, 0.3) is 0 Å². The fourth-order valence-corrected chi connectivity index (χ4v) is 4.91. The lowest BCUT2D eigenvalue weighted by Crippen LogP contribution is -2.40. The van der Waals surface area contributed by atoms with Gasteiger partial charge in [0.25, 0.3) is 0 Å². The largest absolute Gasteiger partial charge is 0.279 e. The predicted octanol–water partition coefficient (Wildman–Crippen LogP) is 3.23. The summed E-state index contributed by atoms with van der Waals surface area (Å²) >= 11 is 0. The molecule has 2 bridgehead atoms. The molecule has 1 heterocycles. The summed E-state index contributed by atoms with van der Waals surface area (Å²) in [4.78, 5) is 27.4. The monoisotopic (exact) mass is 295 g/mol. The van der Waals surface area contributed by atoms with Gasteiger partial charge in [0, 0.05) is 17.9 Å². The van der Waals surface area contributed by atoms with E-state index in [2.05, 4.69) is 26.0 Å². The van der Waals surface area contributed by atoms with Gasteiger partial charge in [-0.25, -0.2) is 0 Å². The third-order valence-corrected chi connectivity index (χ3v) is 5.89. The van der Waals surface area contributed by atoms with Gasteiger partial charge in [-0.3, -0.25) is 14.5 Å². The van der Waals surface area contributed by atoms with E-state index in [-0.39, 0.29) is 41.5 Å². The SMILES string of the molecule is CC1=C(C)[C@H]2c3ccccc3[C@@H]1[C@H]1C(=O)N(C(C)C)C(=O)[C@H]12. The molecule has 1 aromatic carbocycles. The normalized spacial score (nSPS) is 32.9. The van der Waals surface area contributed by atoms with Crippen LogP contribution in [0, 0.1) is 11.8 Å². The van der Waals surface area contributed by atoms with Crippen LogP contribution in [0.1, 0.15) is 50.7 Å². The maximum absolute atomic E-state index is 12.9. The van der Waals surface area contributed by atoms with E-state index >= 15 is 0 Å². The maximum atomic E-state index is 12.9. The number of carbonyl (C=O) groups excluding carboxylic acids is 2. The number of hydrogen-bond acceptors (Lipinski definition) is 2. The van der Waals surface area contributed by atoms with Crippen LogP contribution in [0.15, 0.2) is 35.4 Å². The standard InChI is InChI=1S/C19H21NO2/c1-9(2)20-18(21)16-14-10(3)11(4)15(17(16)19(20)22)13-8-6-5-7-12(13)14/h5-9,14-17H,1-4H3/t14-,15+,16-,17+. The Balaban J connectivity index is 1.95. The Kier molecular flexibility index (Phi) is 2.69. The van der Waals surface area contributed by atoms with Crippen LogP contribution in [-0.2, 0) is 9.59 Å². The zero-order chi connectivity index (χ0) is 15.8. The lowest BCUT2D eigenvalue weighted by Gasteiger charge is -2.46. The zero-order valence-corrected chi connectivity index (χ0v) is 13.5. The van der Waals surface area contributed by atoms with E-state index in [1.54, 1.807) is 0 Å². The zero-order valence-electron chi connectivity index (χ0n) is 13.5. The van der Waals surface area contributed by atoms with Crippen molar-refractivity contribution in [2.24, 2.45) is 11.8 Å². The summed E-state index contributed by atoms with van der Waals surface area (Å²) in [6.45, 7) is 8.12. The number of nitrogens with zero attached hydrogens (tertiary/aromatic N) is 1. The minimum Gasteiger partial charge on any atom is -0.279 e.